The predicted molar refractivity (Wildman–Crippen MR) is 120 cm³/mol. The standard InChI is InChI=1S/C24H21N3O4/c1-3-15-31-21-14-13-17-9-5-6-10-18(17)19(21)16-25-27-24(29)23(28)26-20-11-7-8-12-22(20)30-4-2/h1,5-14,16H,4,15H2,2H3,(H,26,28)(H,27,29)/b25-16-. The number of para-hydroxylation sites is 2. The highest BCUT2D eigenvalue weighted by Gasteiger charge is 2.15. The molecule has 0 aromatic heterocycles. The number of amides is 2. The van der Waals surface area contributed by atoms with E-state index >= 15 is 0 Å². The van der Waals surface area contributed by atoms with Crippen LogP contribution in [-0.4, -0.2) is 31.2 Å². The quantitative estimate of drug-likeness (QED) is 0.268. The van der Waals surface area contributed by atoms with Gasteiger partial charge < -0.3 is 14.8 Å². The molecule has 3 rings (SSSR count). The molecule has 7 nitrogen and oxygen atoms in total. The highest BCUT2D eigenvalue weighted by atomic mass is 16.5. The van der Waals surface area contributed by atoms with Gasteiger partial charge in [0.25, 0.3) is 0 Å². The Hall–Kier alpha value is -4.31. The van der Waals surface area contributed by atoms with Gasteiger partial charge in [0, 0.05) is 5.56 Å². The Balaban J connectivity index is 1.74. The number of nitrogens with zero attached hydrogens (tertiary/aromatic N) is 1. The zero-order valence-electron chi connectivity index (χ0n) is 16.9. The molecule has 0 unspecified atom stereocenters. The summed E-state index contributed by atoms with van der Waals surface area (Å²) in [6, 6.07) is 18.2. The predicted octanol–water partition coefficient (Wildman–Crippen LogP) is 3.34. The number of carbonyl (C=O) groups is 2. The fourth-order valence-corrected chi connectivity index (χ4v) is 2.89. The molecule has 2 N–H and O–H groups in total. The molecule has 0 bridgehead atoms. The van der Waals surface area contributed by atoms with Gasteiger partial charge in [0.15, 0.2) is 0 Å². The molecule has 2 amide bonds. The van der Waals surface area contributed by atoms with Gasteiger partial charge in [-0.25, -0.2) is 5.43 Å². The van der Waals surface area contributed by atoms with E-state index in [9.17, 15) is 9.59 Å². The van der Waals surface area contributed by atoms with Gasteiger partial charge in [-0.15, -0.1) is 6.42 Å². The van der Waals surface area contributed by atoms with Crippen LogP contribution in [0, 0.1) is 12.3 Å². The highest BCUT2D eigenvalue weighted by Crippen LogP contribution is 2.27. The summed E-state index contributed by atoms with van der Waals surface area (Å²) in [5, 5.41) is 8.28. The fraction of sp³-hybridized carbons (Fsp3) is 0.125. The molecule has 3 aromatic rings. The van der Waals surface area contributed by atoms with E-state index in [2.05, 4.69) is 21.8 Å². The van der Waals surface area contributed by atoms with Crippen LogP contribution in [0.4, 0.5) is 5.69 Å². The average Bonchev–Trinajstić information content (AvgIpc) is 2.79. The molecule has 0 saturated heterocycles. The number of anilines is 1. The molecule has 7 heteroatoms. The Morgan fingerprint density at radius 2 is 1.77 bits per heavy atom. The monoisotopic (exact) mass is 415 g/mol. The topological polar surface area (TPSA) is 89.0 Å². The van der Waals surface area contributed by atoms with Crippen molar-refractivity contribution in [3.63, 3.8) is 0 Å². The second-order valence-corrected chi connectivity index (χ2v) is 6.27. The lowest BCUT2D eigenvalue weighted by Crippen LogP contribution is -2.32. The van der Waals surface area contributed by atoms with Crippen molar-refractivity contribution < 1.29 is 19.1 Å². The maximum Gasteiger partial charge on any atom is 0.329 e. The SMILES string of the molecule is C#CCOc1ccc2ccccc2c1/C=N\NC(=O)C(=O)Nc1ccccc1OCC. The third-order valence-electron chi connectivity index (χ3n) is 4.24. The third-order valence-corrected chi connectivity index (χ3v) is 4.24. The van der Waals surface area contributed by atoms with Crippen molar-refractivity contribution in [2.45, 2.75) is 6.92 Å². The van der Waals surface area contributed by atoms with Crippen molar-refractivity contribution in [2.24, 2.45) is 5.10 Å². The fourth-order valence-electron chi connectivity index (χ4n) is 2.89. The number of nitrogens with one attached hydrogen (secondary N) is 2. The maximum absolute atomic E-state index is 12.2. The zero-order chi connectivity index (χ0) is 22.1. The first-order chi connectivity index (χ1) is 15.1. The lowest BCUT2D eigenvalue weighted by atomic mass is 10.0. The summed E-state index contributed by atoms with van der Waals surface area (Å²) in [7, 11) is 0. The number of ether oxygens (including phenoxy) is 2. The van der Waals surface area contributed by atoms with Gasteiger partial charge in [-0.3, -0.25) is 9.59 Å². The number of terminal acetylenes is 1. The molecule has 3 aromatic carbocycles. The second-order valence-electron chi connectivity index (χ2n) is 6.27. The van der Waals surface area contributed by atoms with Gasteiger partial charge in [0.2, 0.25) is 0 Å². The Morgan fingerprint density at radius 3 is 2.58 bits per heavy atom. The minimum Gasteiger partial charge on any atom is -0.492 e. The van der Waals surface area contributed by atoms with E-state index < -0.39 is 11.8 Å². The molecular weight excluding hydrogens is 394 g/mol. The zero-order valence-corrected chi connectivity index (χ0v) is 16.9. The smallest absolute Gasteiger partial charge is 0.329 e. The minimum atomic E-state index is -0.922. The molecule has 156 valence electrons. The largest absolute Gasteiger partial charge is 0.492 e. The second kappa shape index (κ2) is 10.5. The number of hydrazone groups is 1. The molecule has 0 atom stereocenters. The molecule has 31 heavy (non-hydrogen) atoms. The number of fused-ring (bicyclic) bond motifs is 1. The molecule has 0 aliphatic heterocycles. The lowest BCUT2D eigenvalue weighted by Gasteiger charge is -2.11. The van der Waals surface area contributed by atoms with E-state index in [1.165, 1.54) is 6.21 Å². The Labute approximate surface area is 180 Å². The lowest BCUT2D eigenvalue weighted by molar-refractivity contribution is -0.136. The summed E-state index contributed by atoms with van der Waals surface area (Å²) in [5.41, 5.74) is 3.26. The van der Waals surface area contributed by atoms with E-state index in [0.717, 1.165) is 10.8 Å². The first-order valence-corrected chi connectivity index (χ1v) is 9.58. The van der Waals surface area contributed by atoms with Crippen molar-refractivity contribution in [1.82, 2.24) is 5.43 Å². The number of hydrogen-bond donors (Lipinski definition) is 2. The van der Waals surface area contributed by atoms with Crippen LogP contribution in [-0.2, 0) is 9.59 Å². The van der Waals surface area contributed by atoms with Crippen molar-refractivity contribution >= 4 is 34.5 Å². The van der Waals surface area contributed by atoms with Crippen LogP contribution in [0.5, 0.6) is 11.5 Å². The minimum absolute atomic E-state index is 0.0905. The van der Waals surface area contributed by atoms with Gasteiger partial charge in [-0.05, 0) is 35.9 Å². The Kier molecular flexibility index (Phi) is 7.22. The van der Waals surface area contributed by atoms with Crippen LogP contribution in [0.15, 0.2) is 65.8 Å². The van der Waals surface area contributed by atoms with Crippen molar-refractivity contribution in [3.05, 3.63) is 66.2 Å². The van der Waals surface area contributed by atoms with Gasteiger partial charge in [-0.1, -0.05) is 48.4 Å². The van der Waals surface area contributed by atoms with Crippen LogP contribution in [0.3, 0.4) is 0 Å². The summed E-state index contributed by atoms with van der Waals surface area (Å²) < 4.78 is 11.0. The molecule has 0 aliphatic carbocycles. The highest BCUT2D eigenvalue weighted by molar-refractivity contribution is 6.39. The number of benzene rings is 3. The normalized spacial score (nSPS) is 10.5. The summed E-state index contributed by atoms with van der Waals surface area (Å²) in [6.07, 6.45) is 6.71. The summed E-state index contributed by atoms with van der Waals surface area (Å²) in [4.78, 5) is 24.4. The molecule has 0 aliphatic rings. The maximum atomic E-state index is 12.2. The van der Waals surface area contributed by atoms with Crippen molar-refractivity contribution in [1.29, 1.82) is 0 Å². The summed E-state index contributed by atoms with van der Waals surface area (Å²) in [5.74, 6) is 1.62. The first-order valence-electron chi connectivity index (χ1n) is 9.58. The van der Waals surface area contributed by atoms with Crippen LogP contribution < -0.4 is 20.2 Å². The van der Waals surface area contributed by atoms with E-state index in [0.29, 0.717) is 29.4 Å². The number of rotatable bonds is 7. The summed E-state index contributed by atoms with van der Waals surface area (Å²) >= 11 is 0. The average molecular weight is 415 g/mol. The molecule has 0 radical (unpaired) electrons. The number of carbonyl (C=O) groups excluding carboxylic acids is 2. The molecule has 0 spiro atoms. The van der Waals surface area contributed by atoms with E-state index in [1.54, 1.807) is 30.3 Å². The van der Waals surface area contributed by atoms with Gasteiger partial charge in [0.05, 0.1) is 18.5 Å². The van der Waals surface area contributed by atoms with Crippen LogP contribution in [0.2, 0.25) is 0 Å². The van der Waals surface area contributed by atoms with E-state index in [-0.39, 0.29) is 6.61 Å². The van der Waals surface area contributed by atoms with Gasteiger partial charge in [-0.2, -0.15) is 5.10 Å². The van der Waals surface area contributed by atoms with Gasteiger partial charge in [0.1, 0.15) is 18.1 Å². The van der Waals surface area contributed by atoms with Gasteiger partial charge >= 0.3 is 11.8 Å². The first kappa shape index (κ1) is 21.4. The molecule has 0 fully saturated rings. The molecule has 0 saturated carbocycles. The summed E-state index contributed by atoms with van der Waals surface area (Å²) in [6.45, 7) is 2.35. The van der Waals surface area contributed by atoms with Crippen molar-refractivity contribution in [2.75, 3.05) is 18.5 Å². The van der Waals surface area contributed by atoms with Crippen LogP contribution >= 0.6 is 0 Å². The Bertz CT molecular complexity index is 1160. The van der Waals surface area contributed by atoms with Crippen molar-refractivity contribution in [3.8, 4) is 23.8 Å². The third kappa shape index (κ3) is 5.40. The Morgan fingerprint density at radius 1 is 1.00 bits per heavy atom. The van der Waals surface area contributed by atoms with E-state index in [1.807, 2.05) is 37.3 Å². The molecule has 0 heterocycles. The number of hydrogen-bond acceptors (Lipinski definition) is 5. The van der Waals surface area contributed by atoms with E-state index in [4.69, 9.17) is 15.9 Å². The van der Waals surface area contributed by atoms with Crippen LogP contribution in [0.1, 0.15) is 12.5 Å². The van der Waals surface area contributed by atoms with Crippen LogP contribution in [0.25, 0.3) is 10.8 Å². The molecular formula is C24H21N3O4.